The smallest absolute Gasteiger partial charge is 0.363 e. The van der Waals surface area contributed by atoms with Gasteiger partial charge in [-0.2, -0.15) is 0 Å². The van der Waals surface area contributed by atoms with Crippen LogP contribution in [0, 0.1) is 5.82 Å². The summed E-state index contributed by atoms with van der Waals surface area (Å²) in [7, 11) is 0. The third-order valence-electron chi connectivity index (χ3n) is 2.91. The van der Waals surface area contributed by atoms with Crippen molar-refractivity contribution in [2.45, 2.75) is 0 Å². The van der Waals surface area contributed by atoms with Crippen LogP contribution in [0.3, 0.4) is 0 Å². The van der Waals surface area contributed by atoms with Crippen molar-refractivity contribution in [3.05, 3.63) is 76.2 Å². The van der Waals surface area contributed by atoms with E-state index < -0.39 is 11.8 Å². The first-order chi connectivity index (χ1) is 10.1. The first kappa shape index (κ1) is 13.5. The van der Waals surface area contributed by atoms with Crippen LogP contribution >= 0.6 is 11.6 Å². The van der Waals surface area contributed by atoms with Gasteiger partial charge in [-0.3, -0.25) is 0 Å². The molecular weight excluding hydrogens is 293 g/mol. The molecule has 21 heavy (non-hydrogen) atoms. The molecular formula is C16H9ClFNO2. The Hall–Kier alpha value is -2.46. The fourth-order valence-corrected chi connectivity index (χ4v) is 1.99. The van der Waals surface area contributed by atoms with Gasteiger partial charge in [-0.1, -0.05) is 29.8 Å². The van der Waals surface area contributed by atoms with Gasteiger partial charge in [0, 0.05) is 16.1 Å². The summed E-state index contributed by atoms with van der Waals surface area (Å²) >= 11 is 5.80. The van der Waals surface area contributed by atoms with E-state index in [1.54, 1.807) is 42.5 Å². The van der Waals surface area contributed by atoms with Gasteiger partial charge in [0.05, 0.1) is 0 Å². The molecule has 3 nitrogen and oxygen atoms in total. The lowest BCUT2D eigenvalue weighted by atomic mass is 10.2. The van der Waals surface area contributed by atoms with Crippen LogP contribution in [0.1, 0.15) is 11.1 Å². The number of ether oxygens (including phenoxy) is 1. The Morgan fingerprint density at radius 1 is 1.10 bits per heavy atom. The molecule has 0 unspecified atom stereocenters. The molecule has 2 aromatic carbocycles. The summed E-state index contributed by atoms with van der Waals surface area (Å²) in [6.07, 6.45) is 1.36. The van der Waals surface area contributed by atoms with E-state index in [0.29, 0.717) is 10.6 Å². The molecule has 2 aromatic rings. The molecule has 0 saturated carbocycles. The minimum Gasteiger partial charge on any atom is -0.402 e. The predicted octanol–water partition coefficient (Wildman–Crippen LogP) is 3.82. The number of cyclic esters (lactones) is 1. The molecule has 0 saturated heterocycles. The summed E-state index contributed by atoms with van der Waals surface area (Å²) < 4.78 is 18.7. The highest BCUT2D eigenvalue weighted by molar-refractivity contribution is 6.30. The Kier molecular flexibility index (Phi) is 3.54. The number of esters is 1. The maximum atomic E-state index is 13.6. The Bertz CT molecular complexity index is 766. The lowest BCUT2D eigenvalue weighted by Gasteiger charge is -1.98. The molecule has 0 radical (unpaired) electrons. The lowest BCUT2D eigenvalue weighted by molar-refractivity contribution is -0.129. The van der Waals surface area contributed by atoms with Crippen molar-refractivity contribution < 1.29 is 13.9 Å². The summed E-state index contributed by atoms with van der Waals surface area (Å²) in [6, 6.07) is 12.9. The minimum absolute atomic E-state index is 0.0602. The second-order valence-corrected chi connectivity index (χ2v) is 4.80. The van der Waals surface area contributed by atoms with Gasteiger partial charge in [-0.05, 0) is 36.4 Å². The first-order valence-corrected chi connectivity index (χ1v) is 6.54. The Labute approximate surface area is 125 Å². The van der Waals surface area contributed by atoms with Crippen molar-refractivity contribution in [3.63, 3.8) is 0 Å². The van der Waals surface area contributed by atoms with Gasteiger partial charge in [0.1, 0.15) is 5.82 Å². The topological polar surface area (TPSA) is 38.7 Å². The van der Waals surface area contributed by atoms with Crippen molar-refractivity contribution >= 4 is 29.5 Å². The average Bonchev–Trinajstić information content (AvgIpc) is 2.83. The first-order valence-electron chi connectivity index (χ1n) is 6.16. The average molecular weight is 302 g/mol. The highest BCUT2D eigenvalue weighted by Crippen LogP contribution is 2.21. The van der Waals surface area contributed by atoms with E-state index in [1.807, 2.05) is 0 Å². The molecule has 1 aliphatic rings. The van der Waals surface area contributed by atoms with Gasteiger partial charge < -0.3 is 4.74 Å². The van der Waals surface area contributed by atoms with Crippen LogP contribution in [-0.2, 0) is 9.53 Å². The van der Waals surface area contributed by atoms with E-state index in [-0.39, 0.29) is 17.2 Å². The summed E-state index contributed by atoms with van der Waals surface area (Å²) in [5.41, 5.74) is 0.972. The number of hydrogen-bond donors (Lipinski definition) is 0. The Morgan fingerprint density at radius 2 is 1.81 bits per heavy atom. The van der Waals surface area contributed by atoms with E-state index in [0.717, 1.165) is 0 Å². The van der Waals surface area contributed by atoms with Gasteiger partial charge in [-0.15, -0.1) is 0 Å². The maximum absolute atomic E-state index is 13.6. The molecule has 1 heterocycles. The molecule has 0 bridgehead atoms. The van der Waals surface area contributed by atoms with Crippen molar-refractivity contribution in [2.75, 3.05) is 0 Å². The molecule has 1 aliphatic heterocycles. The molecule has 0 fully saturated rings. The monoisotopic (exact) mass is 301 g/mol. The molecule has 5 heteroatoms. The maximum Gasteiger partial charge on any atom is 0.363 e. The standard InChI is InChI=1S/C16H9ClFNO2/c17-12-7-5-10(6-8-12)15-19-14(16(20)21-15)9-11-3-1-2-4-13(11)18/h1-9H. The van der Waals surface area contributed by atoms with Crippen molar-refractivity contribution in [1.29, 1.82) is 0 Å². The van der Waals surface area contributed by atoms with Gasteiger partial charge in [-0.25, -0.2) is 14.2 Å². The van der Waals surface area contributed by atoms with Gasteiger partial charge in [0.2, 0.25) is 5.90 Å². The quantitative estimate of drug-likeness (QED) is 0.625. The summed E-state index contributed by atoms with van der Waals surface area (Å²) in [5.74, 6) is -0.851. The fraction of sp³-hybridized carbons (Fsp3) is 0. The number of rotatable bonds is 2. The predicted molar refractivity (Wildman–Crippen MR) is 78.5 cm³/mol. The molecule has 0 spiro atoms. The van der Waals surface area contributed by atoms with Crippen molar-refractivity contribution in [1.82, 2.24) is 0 Å². The summed E-state index contributed by atoms with van der Waals surface area (Å²) in [5, 5.41) is 0.575. The SMILES string of the molecule is O=C1OC(c2ccc(Cl)cc2)=NC1=Cc1ccccc1F. The van der Waals surface area contributed by atoms with E-state index in [2.05, 4.69) is 4.99 Å². The molecule has 0 atom stereocenters. The van der Waals surface area contributed by atoms with Crippen LogP contribution in [0.25, 0.3) is 6.08 Å². The van der Waals surface area contributed by atoms with Gasteiger partial charge in [0.25, 0.3) is 0 Å². The Balaban J connectivity index is 1.96. The number of halogens is 2. The van der Waals surface area contributed by atoms with Crippen LogP contribution < -0.4 is 0 Å². The number of carbonyl (C=O) groups excluding carboxylic acids is 1. The van der Waals surface area contributed by atoms with Gasteiger partial charge in [0.15, 0.2) is 5.70 Å². The van der Waals surface area contributed by atoms with Gasteiger partial charge >= 0.3 is 5.97 Å². The normalized spacial score (nSPS) is 16.0. The molecule has 3 rings (SSSR count). The molecule has 0 amide bonds. The zero-order chi connectivity index (χ0) is 14.8. The van der Waals surface area contributed by atoms with Crippen LogP contribution in [0.2, 0.25) is 5.02 Å². The van der Waals surface area contributed by atoms with Crippen LogP contribution in [-0.4, -0.2) is 11.9 Å². The number of benzene rings is 2. The zero-order valence-electron chi connectivity index (χ0n) is 10.7. The van der Waals surface area contributed by atoms with Crippen molar-refractivity contribution in [3.8, 4) is 0 Å². The Morgan fingerprint density at radius 3 is 2.52 bits per heavy atom. The lowest BCUT2D eigenvalue weighted by Crippen LogP contribution is -2.05. The van der Waals surface area contributed by atoms with E-state index in [9.17, 15) is 9.18 Å². The molecule has 0 N–H and O–H groups in total. The molecule has 104 valence electrons. The fourth-order valence-electron chi connectivity index (χ4n) is 1.86. The second-order valence-electron chi connectivity index (χ2n) is 4.36. The number of aliphatic imine (C=N–C) groups is 1. The highest BCUT2D eigenvalue weighted by Gasteiger charge is 2.24. The van der Waals surface area contributed by atoms with Crippen LogP contribution in [0.4, 0.5) is 4.39 Å². The summed E-state index contributed by atoms with van der Waals surface area (Å²) in [4.78, 5) is 15.9. The van der Waals surface area contributed by atoms with Crippen LogP contribution in [0.5, 0.6) is 0 Å². The highest BCUT2D eigenvalue weighted by atomic mass is 35.5. The largest absolute Gasteiger partial charge is 0.402 e. The van der Waals surface area contributed by atoms with E-state index >= 15 is 0 Å². The number of carbonyl (C=O) groups is 1. The summed E-state index contributed by atoms with van der Waals surface area (Å²) in [6.45, 7) is 0. The third-order valence-corrected chi connectivity index (χ3v) is 3.16. The number of nitrogens with zero attached hydrogens (tertiary/aromatic N) is 1. The van der Waals surface area contributed by atoms with Crippen molar-refractivity contribution in [2.24, 2.45) is 4.99 Å². The molecule has 0 aromatic heterocycles. The van der Waals surface area contributed by atoms with Crippen LogP contribution in [0.15, 0.2) is 59.2 Å². The molecule has 0 aliphatic carbocycles. The second kappa shape index (κ2) is 5.50. The minimum atomic E-state index is -0.608. The number of hydrogen-bond acceptors (Lipinski definition) is 3. The van der Waals surface area contributed by atoms with E-state index in [1.165, 1.54) is 12.1 Å². The zero-order valence-corrected chi connectivity index (χ0v) is 11.5. The third kappa shape index (κ3) is 2.85. The van der Waals surface area contributed by atoms with E-state index in [4.69, 9.17) is 16.3 Å².